The van der Waals surface area contributed by atoms with Gasteiger partial charge in [-0.15, -0.1) is 0 Å². The first-order valence-corrected chi connectivity index (χ1v) is 8.54. The smallest absolute Gasteiger partial charge is 0.261 e. The number of aromatic nitrogens is 2. The summed E-state index contributed by atoms with van der Waals surface area (Å²) >= 11 is 0. The molecular formula is C18H21N3O3. The Morgan fingerprint density at radius 1 is 1.25 bits per heavy atom. The first-order chi connectivity index (χ1) is 11.7. The van der Waals surface area contributed by atoms with Gasteiger partial charge in [0.05, 0.1) is 23.3 Å². The molecule has 0 radical (unpaired) electrons. The number of likely N-dealkylation sites (tertiary alicyclic amines) is 1. The highest BCUT2D eigenvalue weighted by Crippen LogP contribution is 2.30. The number of ether oxygens (including phenoxy) is 1. The molecule has 0 bridgehead atoms. The molecule has 2 aliphatic rings. The molecule has 2 heterocycles. The minimum atomic E-state index is -0.172. The lowest BCUT2D eigenvalue weighted by Crippen LogP contribution is -2.36. The predicted molar refractivity (Wildman–Crippen MR) is 89.7 cm³/mol. The molecule has 4 rings (SSSR count). The van der Waals surface area contributed by atoms with E-state index in [1.165, 1.54) is 23.7 Å². The summed E-state index contributed by atoms with van der Waals surface area (Å²) in [7, 11) is 0. The van der Waals surface area contributed by atoms with Crippen LogP contribution in [0.3, 0.4) is 0 Å². The first-order valence-electron chi connectivity index (χ1n) is 8.54. The van der Waals surface area contributed by atoms with Crippen LogP contribution in [0.2, 0.25) is 0 Å². The van der Waals surface area contributed by atoms with E-state index in [-0.39, 0.29) is 24.1 Å². The van der Waals surface area contributed by atoms with E-state index in [0.717, 1.165) is 18.9 Å². The van der Waals surface area contributed by atoms with E-state index in [2.05, 4.69) is 4.98 Å². The normalized spacial score (nSPS) is 20.7. The summed E-state index contributed by atoms with van der Waals surface area (Å²) in [6.45, 7) is 2.18. The van der Waals surface area contributed by atoms with Crippen LogP contribution in [0.4, 0.5) is 0 Å². The zero-order valence-electron chi connectivity index (χ0n) is 13.6. The molecule has 1 saturated carbocycles. The molecule has 1 unspecified atom stereocenters. The lowest BCUT2D eigenvalue weighted by atomic mass is 10.2. The van der Waals surface area contributed by atoms with Gasteiger partial charge in [0.2, 0.25) is 5.91 Å². The Bertz CT molecular complexity index is 813. The highest BCUT2D eigenvalue weighted by atomic mass is 16.5. The van der Waals surface area contributed by atoms with Crippen molar-refractivity contribution in [1.82, 2.24) is 14.5 Å². The second-order valence-electron chi connectivity index (χ2n) is 6.72. The molecule has 1 aromatic heterocycles. The fourth-order valence-corrected chi connectivity index (χ4v) is 3.11. The fourth-order valence-electron chi connectivity index (χ4n) is 3.11. The minimum absolute atomic E-state index is 0.0337. The summed E-state index contributed by atoms with van der Waals surface area (Å²) in [5.41, 5.74) is 0.482. The second-order valence-corrected chi connectivity index (χ2v) is 6.72. The van der Waals surface area contributed by atoms with Gasteiger partial charge in [-0.05, 0) is 37.3 Å². The van der Waals surface area contributed by atoms with Crippen molar-refractivity contribution in [3.05, 3.63) is 40.9 Å². The van der Waals surface area contributed by atoms with Crippen LogP contribution in [-0.4, -0.2) is 46.2 Å². The molecule has 1 saturated heterocycles. The highest BCUT2D eigenvalue weighted by molar-refractivity contribution is 5.79. The Morgan fingerprint density at radius 2 is 2.08 bits per heavy atom. The molecule has 1 aliphatic carbocycles. The summed E-state index contributed by atoms with van der Waals surface area (Å²) in [6.07, 6.45) is 5.02. The van der Waals surface area contributed by atoms with Crippen molar-refractivity contribution in [2.24, 2.45) is 5.92 Å². The van der Waals surface area contributed by atoms with Gasteiger partial charge in [-0.25, -0.2) is 4.98 Å². The highest BCUT2D eigenvalue weighted by Gasteiger charge is 2.29. The number of benzene rings is 1. The van der Waals surface area contributed by atoms with E-state index >= 15 is 0 Å². The van der Waals surface area contributed by atoms with Crippen molar-refractivity contribution >= 4 is 16.8 Å². The second kappa shape index (κ2) is 6.36. The van der Waals surface area contributed by atoms with E-state index < -0.39 is 0 Å². The molecule has 1 amide bonds. The summed E-state index contributed by atoms with van der Waals surface area (Å²) in [5.74, 6) is 0.684. The number of rotatable bonds is 5. The van der Waals surface area contributed by atoms with Crippen LogP contribution in [0.15, 0.2) is 35.4 Å². The molecule has 2 fully saturated rings. The third kappa shape index (κ3) is 3.19. The Balaban J connectivity index is 1.41. The molecule has 1 aromatic carbocycles. The molecule has 6 heteroatoms. The molecule has 0 spiro atoms. The lowest BCUT2D eigenvalue weighted by molar-refractivity contribution is -0.131. The molecule has 126 valence electrons. The van der Waals surface area contributed by atoms with Gasteiger partial charge >= 0.3 is 0 Å². The van der Waals surface area contributed by atoms with Crippen LogP contribution in [0.1, 0.15) is 19.3 Å². The maximum atomic E-state index is 12.5. The first kappa shape index (κ1) is 15.3. The number of hydrogen-bond donors (Lipinski definition) is 0. The molecular weight excluding hydrogens is 306 g/mol. The lowest BCUT2D eigenvalue weighted by Gasteiger charge is -2.17. The van der Waals surface area contributed by atoms with Gasteiger partial charge in [0.15, 0.2) is 0 Å². The van der Waals surface area contributed by atoms with Crippen LogP contribution in [0.5, 0.6) is 0 Å². The average Bonchev–Trinajstić information content (AvgIpc) is 3.31. The third-order valence-corrected chi connectivity index (χ3v) is 4.80. The van der Waals surface area contributed by atoms with E-state index in [1.807, 2.05) is 6.07 Å². The van der Waals surface area contributed by atoms with Crippen molar-refractivity contribution in [2.45, 2.75) is 31.9 Å². The van der Waals surface area contributed by atoms with E-state index in [4.69, 9.17) is 4.74 Å². The zero-order valence-corrected chi connectivity index (χ0v) is 13.6. The molecule has 2 aromatic rings. The Labute approximate surface area is 140 Å². The van der Waals surface area contributed by atoms with E-state index in [0.29, 0.717) is 24.0 Å². The zero-order chi connectivity index (χ0) is 16.5. The minimum Gasteiger partial charge on any atom is -0.376 e. The van der Waals surface area contributed by atoms with Crippen molar-refractivity contribution in [2.75, 3.05) is 19.7 Å². The molecule has 1 aliphatic heterocycles. The fraction of sp³-hybridized carbons (Fsp3) is 0.500. The maximum Gasteiger partial charge on any atom is 0.261 e. The van der Waals surface area contributed by atoms with Crippen molar-refractivity contribution in [3.8, 4) is 0 Å². The van der Waals surface area contributed by atoms with Crippen molar-refractivity contribution in [3.63, 3.8) is 0 Å². The van der Waals surface area contributed by atoms with Crippen LogP contribution in [0, 0.1) is 5.92 Å². The third-order valence-electron chi connectivity index (χ3n) is 4.80. The van der Waals surface area contributed by atoms with Crippen LogP contribution in [0.25, 0.3) is 10.9 Å². The predicted octanol–water partition coefficient (Wildman–Crippen LogP) is 1.42. The van der Waals surface area contributed by atoms with Gasteiger partial charge in [-0.2, -0.15) is 0 Å². The number of carbonyl (C=O) groups excluding carboxylic acids is 1. The molecule has 0 N–H and O–H groups in total. The SMILES string of the molecule is O=C(Cn1cnc2ccccc2c1=O)N1CCC(OCC2CC2)C1. The summed E-state index contributed by atoms with van der Waals surface area (Å²) in [4.78, 5) is 31.0. The maximum absolute atomic E-state index is 12.5. The number of fused-ring (bicyclic) bond motifs is 1. The number of carbonyl (C=O) groups is 1. The van der Waals surface area contributed by atoms with Gasteiger partial charge in [0, 0.05) is 19.7 Å². The quantitative estimate of drug-likeness (QED) is 0.833. The number of para-hydroxylation sites is 1. The number of amides is 1. The Kier molecular flexibility index (Phi) is 4.06. The Morgan fingerprint density at radius 3 is 2.92 bits per heavy atom. The molecule has 1 atom stereocenters. The topological polar surface area (TPSA) is 64.4 Å². The summed E-state index contributed by atoms with van der Waals surface area (Å²) < 4.78 is 7.26. The molecule has 24 heavy (non-hydrogen) atoms. The number of nitrogens with zero attached hydrogens (tertiary/aromatic N) is 3. The van der Waals surface area contributed by atoms with Gasteiger partial charge in [-0.1, -0.05) is 12.1 Å². The largest absolute Gasteiger partial charge is 0.376 e. The van der Waals surface area contributed by atoms with Crippen LogP contribution >= 0.6 is 0 Å². The van der Waals surface area contributed by atoms with Gasteiger partial charge in [0.1, 0.15) is 6.54 Å². The van der Waals surface area contributed by atoms with Crippen molar-refractivity contribution in [1.29, 1.82) is 0 Å². The van der Waals surface area contributed by atoms with Gasteiger partial charge < -0.3 is 9.64 Å². The monoisotopic (exact) mass is 327 g/mol. The van der Waals surface area contributed by atoms with Crippen molar-refractivity contribution < 1.29 is 9.53 Å². The van der Waals surface area contributed by atoms with Gasteiger partial charge in [0.25, 0.3) is 5.56 Å². The van der Waals surface area contributed by atoms with Crippen LogP contribution < -0.4 is 5.56 Å². The average molecular weight is 327 g/mol. The summed E-state index contributed by atoms with van der Waals surface area (Å²) in [5, 5.41) is 0.542. The summed E-state index contributed by atoms with van der Waals surface area (Å²) in [6, 6.07) is 7.19. The Hall–Kier alpha value is -2.21. The van der Waals surface area contributed by atoms with E-state index in [9.17, 15) is 9.59 Å². The van der Waals surface area contributed by atoms with Gasteiger partial charge in [-0.3, -0.25) is 14.2 Å². The number of hydrogen-bond acceptors (Lipinski definition) is 4. The van der Waals surface area contributed by atoms with Crippen LogP contribution in [-0.2, 0) is 16.1 Å². The molecule has 6 nitrogen and oxygen atoms in total. The standard InChI is InChI=1S/C18H21N3O3/c22-17(20-8-7-14(9-20)24-11-13-5-6-13)10-21-12-19-16-4-2-1-3-15(16)18(21)23/h1-4,12-14H,5-11H2. The van der Waals surface area contributed by atoms with E-state index in [1.54, 1.807) is 23.1 Å².